The molecule has 0 fully saturated rings. The first-order valence-corrected chi connectivity index (χ1v) is 8.45. The third-order valence-electron chi connectivity index (χ3n) is 3.98. The molecule has 0 aromatic heterocycles. The van der Waals surface area contributed by atoms with E-state index in [9.17, 15) is 4.79 Å². The standard InChI is InChI=1S/C18H31N3O2/c1-5-21(6-2)11-12-23-16-9-7-15(8-10-16)13-20-18(22)17(19)14(3)4/h7-10,14,17H,5-6,11-13,19H2,1-4H3,(H,20,22)/t17-/m0/s1. The van der Waals surface area contributed by atoms with Crippen molar-refractivity contribution in [1.82, 2.24) is 10.2 Å². The van der Waals surface area contributed by atoms with E-state index in [1.54, 1.807) is 0 Å². The van der Waals surface area contributed by atoms with Gasteiger partial charge >= 0.3 is 0 Å². The molecule has 0 aliphatic carbocycles. The summed E-state index contributed by atoms with van der Waals surface area (Å²) in [6, 6.07) is 7.35. The van der Waals surface area contributed by atoms with Gasteiger partial charge in [-0.05, 0) is 36.7 Å². The van der Waals surface area contributed by atoms with Gasteiger partial charge in [-0.2, -0.15) is 0 Å². The maximum atomic E-state index is 11.8. The third kappa shape index (κ3) is 7.01. The zero-order valence-corrected chi connectivity index (χ0v) is 14.8. The van der Waals surface area contributed by atoms with Gasteiger partial charge in [0.05, 0.1) is 6.04 Å². The number of nitrogens with zero attached hydrogens (tertiary/aromatic N) is 1. The van der Waals surface area contributed by atoms with Crippen LogP contribution in [0.5, 0.6) is 5.75 Å². The molecule has 1 atom stereocenters. The number of nitrogens with two attached hydrogens (primary N) is 1. The number of hydrogen-bond acceptors (Lipinski definition) is 4. The molecule has 0 bridgehead atoms. The van der Waals surface area contributed by atoms with Gasteiger partial charge in [-0.15, -0.1) is 0 Å². The SMILES string of the molecule is CCN(CC)CCOc1ccc(CNC(=O)[C@@H](N)C(C)C)cc1. The summed E-state index contributed by atoms with van der Waals surface area (Å²) in [5, 5.41) is 2.86. The summed E-state index contributed by atoms with van der Waals surface area (Å²) in [6.07, 6.45) is 0. The second-order valence-corrected chi connectivity index (χ2v) is 6.01. The maximum absolute atomic E-state index is 11.8. The lowest BCUT2D eigenvalue weighted by Crippen LogP contribution is -2.43. The van der Waals surface area contributed by atoms with Crippen molar-refractivity contribution in [2.24, 2.45) is 11.7 Å². The summed E-state index contributed by atoms with van der Waals surface area (Å²) in [5.74, 6) is 0.877. The Morgan fingerprint density at radius 3 is 2.35 bits per heavy atom. The van der Waals surface area contributed by atoms with Crippen molar-refractivity contribution in [3.63, 3.8) is 0 Å². The average Bonchev–Trinajstić information content (AvgIpc) is 2.56. The molecule has 0 aliphatic rings. The number of likely N-dealkylation sites (N-methyl/N-ethyl adjacent to an activating group) is 1. The molecule has 1 aromatic carbocycles. The predicted octanol–water partition coefficient (Wildman–Crippen LogP) is 2.01. The van der Waals surface area contributed by atoms with Crippen LogP contribution in [0, 0.1) is 5.92 Å². The highest BCUT2D eigenvalue weighted by Crippen LogP contribution is 2.12. The van der Waals surface area contributed by atoms with Gasteiger partial charge in [-0.3, -0.25) is 4.79 Å². The molecule has 0 aliphatic heterocycles. The van der Waals surface area contributed by atoms with Crippen LogP contribution in [0.4, 0.5) is 0 Å². The van der Waals surface area contributed by atoms with Crippen LogP contribution in [0.1, 0.15) is 33.3 Å². The molecule has 1 amide bonds. The van der Waals surface area contributed by atoms with Gasteiger partial charge in [0.25, 0.3) is 0 Å². The largest absolute Gasteiger partial charge is 0.492 e. The van der Waals surface area contributed by atoms with Crippen LogP contribution in [0.25, 0.3) is 0 Å². The molecule has 5 heteroatoms. The molecule has 5 nitrogen and oxygen atoms in total. The Hall–Kier alpha value is -1.59. The minimum Gasteiger partial charge on any atom is -0.492 e. The number of carbonyl (C=O) groups excluding carboxylic acids is 1. The van der Waals surface area contributed by atoms with Gasteiger partial charge in [-0.25, -0.2) is 0 Å². The predicted molar refractivity (Wildman–Crippen MR) is 94.4 cm³/mol. The van der Waals surface area contributed by atoms with Gasteiger partial charge < -0.3 is 20.7 Å². The van der Waals surface area contributed by atoms with Crippen molar-refractivity contribution in [1.29, 1.82) is 0 Å². The first-order valence-electron chi connectivity index (χ1n) is 8.45. The summed E-state index contributed by atoms with van der Waals surface area (Å²) in [6.45, 7) is 12.4. The molecule has 0 heterocycles. The molecule has 1 aromatic rings. The molecule has 0 saturated carbocycles. The highest BCUT2D eigenvalue weighted by molar-refractivity contribution is 5.81. The van der Waals surface area contributed by atoms with E-state index in [4.69, 9.17) is 10.5 Å². The Kier molecular flexibility index (Phi) is 8.66. The smallest absolute Gasteiger partial charge is 0.237 e. The molecule has 23 heavy (non-hydrogen) atoms. The van der Waals surface area contributed by atoms with Crippen molar-refractivity contribution < 1.29 is 9.53 Å². The summed E-state index contributed by atoms with van der Waals surface area (Å²) < 4.78 is 5.74. The fourth-order valence-corrected chi connectivity index (χ4v) is 2.15. The Bertz CT molecular complexity index is 456. The van der Waals surface area contributed by atoms with Crippen molar-refractivity contribution in [3.05, 3.63) is 29.8 Å². The Morgan fingerprint density at radius 1 is 1.22 bits per heavy atom. The molecule has 0 radical (unpaired) electrons. The Morgan fingerprint density at radius 2 is 1.83 bits per heavy atom. The van der Waals surface area contributed by atoms with E-state index in [-0.39, 0.29) is 11.8 Å². The van der Waals surface area contributed by atoms with E-state index in [1.807, 2.05) is 38.1 Å². The van der Waals surface area contributed by atoms with Crippen LogP contribution in [-0.4, -0.2) is 43.1 Å². The summed E-state index contributed by atoms with van der Waals surface area (Å²) in [4.78, 5) is 14.1. The van der Waals surface area contributed by atoms with Crippen molar-refractivity contribution in [2.75, 3.05) is 26.2 Å². The highest BCUT2D eigenvalue weighted by atomic mass is 16.5. The van der Waals surface area contributed by atoms with Gasteiger partial charge in [0.1, 0.15) is 12.4 Å². The van der Waals surface area contributed by atoms with Gasteiger partial charge in [0.2, 0.25) is 5.91 Å². The van der Waals surface area contributed by atoms with E-state index >= 15 is 0 Å². The maximum Gasteiger partial charge on any atom is 0.237 e. The van der Waals surface area contributed by atoms with Gasteiger partial charge in [0, 0.05) is 13.1 Å². The summed E-state index contributed by atoms with van der Waals surface area (Å²) in [7, 11) is 0. The molecule has 0 saturated heterocycles. The third-order valence-corrected chi connectivity index (χ3v) is 3.98. The Labute approximate surface area is 140 Å². The second-order valence-electron chi connectivity index (χ2n) is 6.01. The Balaban J connectivity index is 2.37. The van der Waals surface area contributed by atoms with Crippen molar-refractivity contribution in [2.45, 2.75) is 40.3 Å². The fraction of sp³-hybridized carbons (Fsp3) is 0.611. The van der Waals surface area contributed by atoms with Crippen molar-refractivity contribution in [3.8, 4) is 5.75 Å². The lowest BCUT2D eigenvalue weighted by atomic mass is 10.0. The average molecular weight is 321 g/mol. The zero-order valence-electron chi connectivity index (χ0n) is 14.8. The number of ether oxygens (including phenoxy) is 1. The number of carbonyl (C=O) groups is 1. The number of nitrogens with one attached hydrogen (secondary N) is 1. The fourth-order valence-electron chi connectivity index (χ4n) is 2.15. The van der Waals surface area contributed by atoms with Crippen LogP contribution in [0.15, 0.2) is 24.3 Å². The first kappa shape index (κ1) is 19.5. The minimum absolute atomic E-state index is 0.112. The van der Waals surface area contributed by atoms with Crippen LogP contribution >= 0.6 is 0 Å². The van der Waals surface area contributed by atoms with Crippen LogP contribution in [0.3, 0.4) is 0 Å². The van der Waals surface area contributed by atoms with Crippen LogP contribution in [-0.2, 0) is 11.3 Å². The van der Waals surface area contributed by atoms with E-state index in [0.29, 0.717) is 13.2 Å². The first-order chi connectivity index (χ1) is 11.0. The van der Waals surface area contributed by atoms with E-state index in [1.165, 1.54) is 0 Å². The summed E-state index contributed by atoms with van der Waals surface area (Å²) >= 11 is 0. The zero-order chi connectivity index (χ0) is 17.2. The monoisotopic (exact) mass is 321 g/mol. The normalized spacial score (nSPS) is 12.5. The lowest BCUT2D eigenvalue weighted by Gasteiger charge is -2.18. The van der Waals surface area contributed by atoms with Crippen LogP contribution in [0.2, 0.25) is 0 Å². The second kappa shape index (κ2) is 10.2. The molecular formula is C18H31N3O2. The van der Waals surface area contributed by atoms with E-state index in [0.717, 1.165) is 30.9 Å². The van der Waals surface area contributed by atoms with E-state index < -0.39 is 6.04 Å². The minimum atomic E-state index is -0.460. The number of amides is 1. The lowest BCUT2D eigenvalue weighted by molar-refractivity contribution is -0.123. The van der Waals surface area contributed by atoms with Gasteiger partial charge in [-0.1, -0.05) is 39.8 Å². The molecule has 1 rings (SSSR count). The van der Waals surface area contributed by atoms with Crippen LogP contribution < -0.4 is 15.8 Å². The molecule has 0 spiro atoms. The van der Waals surface area contributed by atoms with Crippen molar-refractivity contribution >= 4 is 5.91 Å². The quantitative estimate of drug-likeness (QED) is 0.692. The number of rotatable bonds is 10. The molecule has 3 N–H and O–H groups in total. The number of hydrogen-bond donors (Lipinski definition) is 2. The number of benzene rings is 1. The topological polar surface area (TPSA) is 67.6 Å². The molecular weight excluding hydrogens is 290 g/mol. The van der Waals surface area contributed by atoms with E-state index in [2.05, 4.69) is 24.1 Å². The molecule has 0 unspecified atom stereocenters. The molecule has 130 valence electrons. The summed E-state index contributed by atoms with van der Waals surface area (Å²) in [5.41, 5.74) is 6.85. The highest BCUT2D eigenvalue weighted by Gasteiger charge is 2.16. The van der Waals surface area contributed by atoms with Gasteiger partial charge in [0.15, 0.2) is 0 Å².